The van der Waals surface area contributed by atoms with Crippen molar-refractivity contribution in [3.8, 4) is 0 Å². The number of carbonyl (C=O) groups excluding carboxylic acids is 5. The lowest BCUT2D eigenvalue weighted by molar-refractivity contribution is -0.145. The average molecular weight is 520 g/mol. The SMILES string of the molecule is CC(C)(C)NC(=O)N[C@H](C(=O)N1C[C@H]2C([C@H]1C(=O)N[C@@H](CC1CCC1)C(=O)C(N)=O)C2(C)C)C(C)(C)C. The summed E-state index contributed by atoms with van der Waals surface area (Å²) < 4.78 is 0. The molecule has 1 heterocycles. The number of hydrogen-bond donors (Lipinski definition) is 4. The average Bonchev–Trinajstić information content (AvgIpc) is 3.06. The van der Waals surface area contributed by atoms with E-state index in [-0.39, 0.29) is 29.1 Å². The molecular weight excluding hydrogens is 474 g/mol. The number of fused-ring (bicyclic) bond motifs is 1. The van der Waals surface area contributed by atoms with E-state index in [9.17, 15) is 24.0 Å². The third-order valence-electron chi connectivity index (χ3n) is 8.31. The Morgan fingerprint density at radius 3 is 2.05 bits per heavy atom. The fourth-order valence-electron chi connectivity index (χ4n) is 5.86. The highest BCUT2D eigenvalue weighted by molar-refractivity contribution is 6.37. The summed E-state index contributed by atoms with van der Waals surface area (Å²) in [7, 11) is 0. The van der Waals surface area contributed by atoms with Gasteiger partial charge in [-0.2, -0.15) is 0 Å². The smallest absolute Gasteiger partial charge is 0.315 e. The molecule has 0 spiro atoms. The first kappa shape index (κ1) is 28.9. The monoisotopic (exact) mass is 519 g/mol. The number of carbonyl (C=O) groups is 5. The summed E-state index contributed by atoms with van der Waals surface area (Å²) in [6, 6.07) is -3.13. The number of primary amides is 1. The Kier molecular flexibility index (Phi) is 7.74. The van der Waals surface area contributed by atoms with E-state index < -0.39 is 52.7 Å². The van der Waals surface area contributed by atoms with Crippen LogP contribution in [0.1, 0.15) is 81.1 Å². The summed E-state index contributed by atoms with van der Waals surface area (Å²) in [6.45, 7) is 15.7. The lowest BCUT2D eigenvalue weighted by Gasteiger charge is -2.38. The maximum Gasteiger partial charge on any atom is 0.315 e. The van der Waals surface area contributed by atoms with Gasteiger partial charge >= 0.3 is 6.03 Å². The second-order valence-electron chi connectivity index (χ2n) is 13.9. The summed E-state index contributed by atoms with van der Waals surface area (Å²) in [5, 5.41) is 8.44. The van der Waals surface area contributed by atoms with E-state index in [0.29, 0.717) is 13.0 Å². The van der Waals surface area contributed by atoms with Gasteiger partial charge in [-0.05, 0) is 55.8 Å². The van der Waals surface area contributed by atoms with Crippen LogP contribution in [0.15, 0.2) is 0 Å². The van der Waals surface area contributed by atoms with Crippen LogP contribution in [0.4, 0.5) is 4.79 Å². The molecule has 0 radical (unpaired) electrons. The molecule has 0 aromatic heterocycles. The van der Waals surface area contributed by atoms with Crippen molar-refractivity contribution >= 4 is 29.5 Å². The molecular formula is C27H45N5O5. The number of amides is 5. The highest BCUT2D eigenvalue weighted by Gasteiger charge is 2.70. The van der Waals surface area contributed by atoms with Gasteiger partial charge in [0.2, 0.25) is 17.6 Å². The molecule has 5 atom stereocenters. The van der Waals surface area contributed by atoms with Gasteiger partial charge in [0.25, 0.3) is 5.91 Å². The number of hydrogen-bond acceptors (Lipinski definition) is 5. The lowest BCUT2D eigenvalue weighted by atomic mass is 9.80. The van der Waals surface area contributed by atoms with Crippen molar-refractivity contribution in [2.24, 2.45) is 34.3 Å². The van der Waals surface area contributed by atoms with E-state index in [1.807, 2.05) is 41.5 Å². The zero-order valence-electron chi connectivity index (χ0n) is 23.6. The first-order chi connectivity index (χ1) is 16.8. The van der Waals surface area contributed by atoms with Gasteiger partial charge in [0.1, 0.15) is 12.1 Å². The van der Waals surface area contributed by atoms with Crippen LogP contribution < -0.4 is 21.7 Å². The molecule has 3 fully saturated rings. The highest BCUT2D eigenvalue weighted by Crippen LogP contribution is 2.65. The molecule has 2 aliphatic carbocycles. The van der Waals surface area contributed by atoms with E-state index in [0.717, 1.165) is 19.3 Å². The Balaban J connectivity index is 1.83. The Labute approximate surface area is 220 Å². The number of Topliss-reactive ketones (excluding diaryl/α,β-unsaturated/α-hetero) is 1. The molecule has 3 rings (SSSR count). The second kappa shape index (κ2) is 9.91. The van der Waals surface area contributed by atoms with Gasteiger partial charge in [0.05, 0.1) is 6.04 Å². The van der Waals surface area contributed by atoms with Crippen molar-refractivity contribution in [2.75, 3.05) is 6.54 Å². The standard InChI is InChI=1S/C27H45N5O5/c1-25(2,3)20(30-24(37)31-26(4,5)6)23(36)32-13-15-17(27(15,7)8)18(32)22(35)29-16(19(33)21(28)34)12-14-10-9-11-14/h14-18,20H,9-13H2,1-8H3,(H2,28,34)(H,29,35)(H2,30,31,37)/t15-,16-,17?,18-,20+/m0/s1. The molecule has 1 saturated heterocycles. The Morgan fingerprint density at radius 2 is 1.59 bits per heavy atom. The van der Waals surface area contributed by atoms with E-state index in [2.05, 4.69) is 29.8 Å². The van der Waals surface area contributed by atoms with Crippen molar-refractivity contribution in [3.05, 3.63) is 0 Å². The lowest BCUT2D eigenvalue weighted by Crippen LogP contribution is -2.62. The third kappa shape index (κ3) is 6.26. The van der Waals surface area contributed by atoms with Crippen LogP contribution in [-0.4, -0.2) is 64.6 Å². The summed E-state index contributed by atoms with van der Waals surface area (Å²) in [5.74, 6) is -2.35. The van der Waals surface area contributed by atoms with Crippen LogP contribution in [0, 0.1) is 28.6 Å². The summed E-state index contributed by atoms with van der Waals surface area (Å²) in [4.78, 5) is 66.1. The van der Waals surface area contributed by atoms with Crippen molar-refractivity contribution in [1.82, 2.24) is 20.9 Å². The van der Waals surface area contributed by atoms with Crippen LogP contribution >= 0.6 is 0 Å². The first-order valence-corrected chi connectivity index (χ1v) is 13.4. The quantitative estimate of drug-likeness (QED) is 0.360. The van der Waals surface area contributed by atoms with E-state index in [1.165, 1.54) is 0 Å². The van der Waals surface area contributed by atoms with Crippen molar-refractivity contribution in [1.29, 1.82) is 0 Å². The number of likely N-dealkylation sites (tertiary alicyclic amines) is 1. The molecule has 0 aromatic rings. The van der Waals surface area contributed by atoms with Crippen LogP contribution in [0.5, 0.6) is 0 Å². The van der Waals surface area contributed by atoms with Gasteiger partial charge in [-0.15, -0.1) is 0 Å². The molecule has 37 heavy (non-hydrogen) atoms. The normalized spacial score (nSPS) is 26.3. The maximum absolute atomic E-state index is 13.9. The van der Waals surface area contributed by atoms with Crippen molar-refractivity contribution in [3.63, 3.8) is 0 Å². The number of piperidine rings is 1. The maximum atomic E-state index is 13.9. The molecule has 208 valence electrons. The number of urea groups is 1. The Hall–Kier alpha value is -2.65. The first-order valence-electron chi connectivity index (χ1n) is 13.4. The van der Waals surface area contributed by atoms with E-state index in [4.69, 9.17) is 5.73 Å². The summed E-state index contributed by atoms with van der Waals surface area (Å²) >= 11 is 0. The zero-order valence-corrected chi connectivity index (χ0v) is 23.6. The molecule has 0 bridgehead atoms. The van der Waals surface area contributed by atoms with Gasteiger partial charge in [-0.3, -0.25) is 19.2 Å². The predicted octanol–water partition coefficient (Wildman–Crippen LogP) is 1.71. The number of rotatable bonds is 8. The number of nitrogens with one attached hydrogen (secondary N) is 3. The molecule has 5 amide bonds. The minimum Gasteiger partial charge on any atom is -0.363 e. The molecule has 2 saturated carbocycles. The number of nitrogens with zero attached hydrogens (tertiary/aromatic N) is 1. The van der Waals surface area contributed by atoms with Crippen LogP contribution in [0.3, 0.4) is 0 Å². The molecule has 1 unspecified atom stereocenters. The Bertz CT molecular complexity index is 959. The van der Waals surface area contributed by atoms with Gasteiger partial charge in [-0.25, -0.2) is 4.79 Å². The van der Waals surface area contributed by atoms with E-state index >= 15 is 0 Å². The highest BCUT2D eigenvalue weighted by atomic mass is 16.2. The number of nitrogens with two attached hydrogens (primary N) is 1. The molecule has 1 aliphatic heterocycles. The van der Waals surface area contributed by atoms with Crippen molar-refractivity contribution < 1.29 is 24.0 Å². The topological polar surface area (TPSA) is 151 Å². The van der Waals surface area contributed by atoms with Crippen molar-refractivity contribution in [2.45, 2.75) is 105 Å². The van der Waals surface area contributed by atoms with Gasteiger partial charge in [-0.1, -0.05) is 53.9 Å². The fraction of sp³-hybridized carbons (Fsp3) is 0.815. The summed E-state index contributed by atoms with van der Waals surface area (Å²) in [6.07, 6.45) is 3.31. The minimum atomic E-state index is -1.07. The minimum absolute atomic E-state index is 0.0755. The van der Waals surface area contributed by atoms with Crippen LogP contribution in [0.25, 0.3) is 0 Å². The molecule has 3 aliphatic rings. The number of ketones is 1. The molecule has 0 aromatic carbocycles. The third-order valence-corrected chi connectivity index (χ3v) is 8.31. The van der Waals surface area contributed by atoms with Crippen LogP contribution in [-0.2, 0) is 19.2 Å². The van der Waals surface area contributed by atoms with Crippen LogP contribution in [0.2, 0.25) is 0 Å². The van der Waals surface area contributed by atoms with Gasteiger partial charge < -0.3 is 26.6 Å². The second-order valence-corrected chi connectivity index (χ2v) is 13.9. The van der Waals surface area contributed by atoms with E-state index in [1.54, 1.807) is 4.90 Å². The summed E-state index contributed by atoms with van der Waals surface area (Å²) in [5.41, 5.74) is 4.04. The Morgan fingerprint density at radius 1 is 1.00 bits per heavy atom. The molecule has 10 heteroatoms. The zero-order chi connectivity index (χ0) is 28.1. The fourth-order valence-corrected chi connectivity index (χ4v) is 5.86. The van der Waals surface area contributed by atoms with Gasteiger partial charge in [0, 0.05) is 12.1 Å². The van der Waals surface area contributed by atoms with Gasteiger partial charge in [0.15, 0.2) is 0 Å². The largest absolute Gasteiger partial charge is 0.363 e. The molecule has 5 N–H and O–H groups in total. The predicted molar refractivity (Wildman–Crippen MR) is 139 cm³/mol. The molecule has 10 nitrogen and oxygen atoms in total.